The van der Waals surface area contributed by atoms with Crippen molar-refractivity contribution in [3.05, 3.63) is 72.8 Å². The summed E-state index contributed by atoms with van der Waals surface area (Å²) in [6.07, 6.45) is 0. The van der Waals surface area contributed by atoms with Gasteiger partial charge in [-0.25, -0.2) is 9.97 Å². The van der Waals surface area contributed by atoms with Crippen molar-refractivity contribution < 1.29 is 0 Å². The van der Waals surface area contributed by atoms with Gasteiger partial charge in [0, 0.05) is 0 Å². The molecule has 0 aliphatic carbocycles. The Kier molecular flexibility index (Phi) is 3.46. The van der Waals surface area contributed by atoms with Crippen LogP contribution in [-0.2, 0) is 0 Å². The molecule has 0 radical (unpaired) electrons. The van der Waals surface area contributed by atoms with Gasteiger partial charge in [0.25, 0.3) is 0 Å². The van der Waals surface area contributed by atoms with Crippen molar-refractivity contribution in [3.63, 3.8) is 0 Å². The van der Waals surface area contributed by atoms with E-state index < -0.39 is 0 Å². The Hall–Kier alpha value is -3.06. The van der Waals surface area contributed by atoms with Crippen LogP contribution in [-0.4, -0.2) is 15.0 Å². The number of nitrogens with one attached hydrogen (secondary N) is 1. The summed E-state index contributed by atoms with van der Waals surface area (Å²) in [7, 11) is 0. The highest BCUT2D eigenvalue weighted by atomic mass is 32.1. The highest BCUT2D eigenvalue weighted by molar-refractivity contribution is 7.33. The van der Waals surface area contributed by atoms with E-state index in [1.807, 2.05) is 23.5 Å². The standard InChI is InChI=1S/C24H13N3S3/c1-4-10-16-13(7-1)25-19-20-23(29-17-11-5-2-8-14(17)26-20)24-21(22(19)28-16)27-15-9-3-6-12-18(15)30-24/h1-12,27H. The number of fused-ring (bicyclic) bond motifs is 9. The summed E-state index contributed by atoms with van der Waals surface area (Å²) in [6.45, 7) is 0. The van der Waals surface area contributed by atoms with E-state index in [-0.39, 0.29) is 0 Å². The van der Waals surface area contributed by atoms with Gasteiger partial charge in [-0.2, -0.15) is 0 Å². The molecule has 3 aromatic heterocycles. The highest BCUT2D eigenvalue weighted by Crippen LogP contribution is 2.42. The average Bonchev–Trinajstić information content (AvgIpc) is 2.81. The van der Waals surface area contributed by atoms with Gasteiger partial charge in [0.05, 0.1) is 50.3 Å². The van der Waals surface area contributed by atoms with Crippen LogP contribution in [0.15, 0.2) is 72.8 Å². The first-order chi connectivity index (χ1) is 14.8. The minimum atomic E-state index is 0.974. The molecule has 0 saturated heterocycles. The molecule has 0 atom stereocenters. The van der Waals surface area contributed by atoms with Crippen LogP contribution in [0.25, 0.3) is 61.3 Å². The Labute approximate surface area is 182 Å². The second-order valence-electron chi connectivity index (χ2n) is 7.15. The molecule has 6 heteroatoms. The van der Waals surface area contributed by atoms with Crippen molar-refractivity contribution in [1.29, 1.82) is 0 Å². The minimum absolute atomic E-state index is 0.974. The summed E-state index contributed by atoms with van der Waals surface area (Å²) in [5, 5.41) is 0. The van der Waals surface area contributed by atoms with E-state index in [2.05, 4.69) is 65.6 Å². The number of aromatic nitrogens is 3. The van der Waals surface area contributed by atoms with Crippen LogP contribution >= 0.6 is 34.0 Å². The number of hydrogen-bond donors (Lipinski definition) is 1. The summed E-state index contributed by atoms with van der Waals surface area (Å²) >= 11 is 5.42. The zero-order chi connectivity index (χ0) is 19.7. The van der Waals surface area contributed by atoms with Gasteiger partial charge in [-0.05, 0) is 36.4 Å². The van der Waals surface area contributed by atoms with Crippen molar-refractivity contribution in [2.45, 2.75) is 0 Å². The van der Waals surface area contributed by atoms with Crippen LogP contribution in [0.1, 0.15) is 0 Å². The van der Waals surface area contributed by atoms with E-state index in [1.165, 1.54) is 23.5 Å². The molecule has 0 amide bonds. The van der Waals surface area contributed by atoms with Crippen LogP contribution in [0.4, 0.5) is 0 Å². The molecule has 3 heterocycles. The summed E-state index contributed by atoms with van der Waals surface area (Å²) in [5.74, 6) is 0. The predicted molar refractivity (Wildman–Crippen MR) is 133 cm³/mol. The molecule has 0 aliphatic rings. The molecule has 7 rings (SSSR count). The van der Waals surface area contributed by atoms with Gasteiger partial charge in [0.15, 0.2) is 0 Å². The maximum absolute atomic E-state index is 5.09. The fourth-order valence-corrected chi connectivity index (χ4v) is 7.36. The van der Waals surface area contributed by atoms with Crippen LogP contribution in [0.3, 0.4) is 0 Å². The second-order valence-corrected chi connectivity index (χ2v) is 10.3. The largest absolute Gasteiger partial charge is 0.352 e. The predicted octanol–water partition coefficient (Wildman–Crippen LogP) is 8.03. The SMILES string of the molecule is c1ccc2sc3c(nc2c1)c1nc2ccccc2sc1c1sc2ccccc2[nH]c31. The van der Waals surface area contributed by atoms with Gasteiger partial charge in [-0.15, -0.1) is 34.0 Å². The zero-order valence-corrected chi connectivity index (χ0v) is 18.0. The number of benzene rings is 4. The Morgan fingerprint density at radius 2 is 1.07 bits per heavy atom. The normalized spacial score (nSPS) is 12.0. The molecule has 0 fully saturated rings. The van der Waals surface area contributed by atoms with Gasteiger partial charge >= 0.3 is 0 Å². The van der Waals surface area contributed by atoms with E-state index in [4.69, 9.17) is 9.97 Å². The van der Waals surface area contributed by atoms with Gasteiger partial charge < -0.3 is 4.98 Å². The van der Waals surface area contributed by atoms with Gasteiger partial charge in [0.2, 0.25) is 0 Å². The number of aromatic amines is 1. The molecular weight excluding hydrogens is 426 g/mol. The molecule has 142 valence electrons. The van der Waals surface area contributed by atoms with Crippen LogP contribution < -0.4 is 0 Å². The molecule has 30 heavy (non-hydrogen) atoms. The van der Waals surface area contributed by atoms with Gasteiger partial charge in [0.1, 0.15) is 11.0 Å². The summed E-state index contributed by atoms with van der Waals surface area (Å²) in [6, 6.07) is 25.2. The van der Waals surface area contributed by atoms with Crippen LogP contribution in [0.2, 0.25) is 0 Å². The molecule has 0 spiro atoms. The Bertz CT molecular complexity index is 1440. The molecule has 4 aromatic carbocycles. The van der Waals surface area contributed by atoms with Crippen LogP contribution in [0, 0.1) is 0 Å². The third kappa shape index (κ3) is 2.35. The fourth-order valence-electron chi connectivity index (χ4n) is 3.91. The third-order valence-corrected chi connectivity index (χ3v) is 8.94. The first-order valence-electron chi connectivity index (χ1n) is 9.60. The lowest BCUT2D eigenvalue weighted by atomic mass is 10.2. The number of nitrogens with zero attached hydrogens (tertiary/aromatic N) is 2. The maximum Gasteiger partial charge on any atom is 0.110 e. The molecule has 1 N–H and O–H groups in total. The summed E-state index contributed by atoms with van der Waals surface area (Å²) in [5.41, 5.74) is 6.29. The fraction of sp³-hybridized carbons (Fsp3) is 0. The number of rotatable bonds is 0. The van der Waals surface area contributed by atoms with Crippen molar-refractivity contribution in [1.82, 2.24) is 15.0 Å². The Balaban J connectivity index is 1.82. The average molecular weight is 440 g/mol. The third-order valence-electron chi connectivity index (χ3n) is 5.29. The molecular formula is C24H13N3S3. The quantitative estimate of drug-likeness (QED) is 0.192. The molecule has 0 unspecified atom stereocenters. The monoisotopic (exact) mass is 439 g/mol. The van der Waals surface area contributed by atoms with Gasteiger partial charge in [-0.1, -0.05) is 36.4 Å². The smallest absolute Gasteiger partial charge is 0.110 e. The van der Waals surface area contributed by atoms with E-state index in [0.29, 0.717) is 0 Å². The summed E-state index contributed by atoms with van der Waals surface area (Å²) in [4.78, 5) is 13.9. The van der Waals surface area contributed by atoms with E-state index >= 15 is 0 Å². The minimum Gasteiger partial charge on any atom is -0.352 e. The first kappa shape index (κ1) is 16.7. The zero-order valence-electron chi connectivity index (χ0n) is 15.5. The highest BCUT2D eigenvalue weighted by Gasteiger charge is 2.16. The molecule has 0 bridgehead atoms. The lowest BCUT2D eigenvalue weighted by Gasteiger charge is -2.11. The van der Waals surface area contributed by atoms with Gasteiger partial charge in [-0.3, -0.25) is 0 Å². The molecule has 7 aromatic rings. The molecule has 3 nitrogen and oxygen atoms in total. The Morgan fingerprint density at radius 3 is 1.80 bits per heavy atom. The maximum atomic E-state index is 5.09. The first-order valence-corrected chi connectivity index (χ1v) is 12.1. The van der Waals surface area contributed by atoms with E-state index in [9.17, 15) is 0 Å². The van der Waals surface area contributed by atoms with E-state index in [0.717, 1.165) is 37.8 Å². The summed E-state index contributed by atoms with van der Waals surface area (Å²) < 4.78 is 7.21. The number of H-pyrrole nitrogens is 1. The lowest BCUT2D eigenvalue weighted by Crippen LogP contribution is -1.90. The molecule has 0 saturated carbocycles. The van der Waals surface area contributed by atoms with Crippen molar-refractivity contribution in [3.8, 4) is 0 Å². The topological polar surface area (TPSA) is 41.6 Å². The van der Waals surface area contributed by atoms with Crippen molar-refractivity contribution in [2.24, 2.45) is 0 Å². The van der Waals surface area contributed by atoms with Crippen molar-refractivity contribution in [2.75, 3.05) is 0 Å². The number of para-hydroxylation sites is 3. The number of hydrogen-bond acceptors (Lipinski definition) is 5. The van der Waals surface area contributed by atoms with Crippen LogP contribution in [0.5, 0.6) is 0 Å². The second kappa shape index (κ2) is 6.22. The Morgan fingerprint density at radius 1 is 0.533 bits per heavy atom. The lowest BCUT2D eigenvalue weighted by molar-refractivity contribution is 1.48. The molecule has 0 aliphatic heterocycles. The van der Waals surface area contributed by atoms with E-state index in [1.54, 1.807) is 22.7 Å². The van der Waals surface area contributed by atoms with Crippen molar-refractivity contribution >= 4 is 95.3 Å².